The third kappa shape index (κ3) is 4.91. The minimum Gasteiger partial charge on any atom is -0.455 e. The minimum atomic E-state index is -2.18. The lowest BCUT2D eigenvalue weighted by atomic mass is 9.44. The zero-order chi connectivity index (χ0) is 35.1. The van der Waals surface area contributed by atoms with Crippen molar-refractivity contribution < 1.29 is 68.7 Å². The first kappa shape index (κ1) is 35.1. The van der Waals surface area contributed by atoms with Gasteiger partial charge < -0.3 is 54.3 Å². The summed E-state index contributed by atoms with van der Waals surface area (Å²) in [4.78, 5) is 41.7. The van der Waals surface area contributed by atoms with Gasteiger partial charge in [0.25, 0.3) is 0 Å². The Bertz CT molecular complexity index is 1490. The van der Waals surface area contributed by atoms with Gasteiger partial charge in [-0.05, 0) is 37.1 Å². The Morgan fingerprint density at radius 3 is 2.25 bits per heavy atom. The molecule has 3 aliphatic carbocycles. The fraction of sp³-hybridized carbons (Fsp3) is 0.676. The van der Waals surface area contributed by atoms with Gasteiger partial charge in [-0.15, -0.1) is 0 Å². The van der Waals surface area contributed by atoms with Crippen molar-refractivity contribution >= 4 is 17.7 Å². The highest BCUT2D eigenvalue weighted by atomic mass is 16.7. The molecule has 14 nitrogen and oxygen atoms in total. The van der Waals surface area contributed by atoms with Crippen LogP contribution in [0.1, 0.15) is 57.8 Å². The predicted octanol–water partition coefficient (Wildman–Crippen LogP) is -0.455. The first-order chi connectivity index (χ1) is 22.4. The average Bonchev–Trinajstić information content (AvgIpc) is 3.02. The number of benzene rings is 1. The van der Waals surface area contributed by atoms with E-state index in [2.05, 4.69) is 0 Å². The van der Waals surface area contributed by atoms with E-state index in [1.54, 1.807) is 39.0 Å². The molecular formula is C34H44O14. The number of carbonyl (C=O) groups is 3. The van der Waals surface area contributed by atoms with Crippen LogP contribution in [0.15, 0.2) is 41.5 Å². The summed E-state index contributed by atoms with van der Waals surface area (Å²) in [7, 11) is 0. The van der Waals surface area contributed by atoms with Gasteiger partial charge in [0.15, 0.2) is 17.7 Å². The molecule has 14 heteroatoms. The molecule has 2 aliphatic heterocycles. The van der Waals surface area contributed by atoms with E-state index in [0.717, 1.165) is 0 Å². The normalized spacial score (nSPS) is 45.1. The molecule has 48 heavy (non-hydrogen) atoms. The Kier molecular flexibility index (Phi) is 8.71. The van der Waals surface area contributed by atoms with Gasteiger partial charge in [0.2, 0.25) is 0 Å². The van der Waals surface area contributed by atoms with E-state index < -0.39 is 107 Å². The molecule has 4 fully saturated rings. The molecule has 0 aromatic heterocycles. The van der Waals surface area contributed by atoms with Crippen LogP contribution in [0.25, 0.3) is 0 Å². The Balaban J connectivity index is 1.59. The lowest BCUT2D eigenvalue weighted by Crippen LogP contribution is -2.82. The predicted molar refractivity (Wildman–Crippen MR) is 162 cm³/mol. The second kappa shape index (κ2) is 11.9. The van der Waals surface area contributed by atoms with Gasteiger partial charge in [0.05, 0.1) is 42.3 Å². The van der Waals surface area contributed by atoms with E-state index in [0.29, 0.717) is 0 Å². The van der Waals surface area contributed by atoms with Crippen LogP contribution in [-0.4, -0.2) is 128 Å². The number of hydrogen-bond acceptors (Lipinski definition) is 14. The van der Waals surface area contributed by atoms with E-state index in [4.69, 9.17) is 23.7 Å². The summed E-state index contributed by atoms with van der Waals surface area (Å²) >= 11 is 0. The van der Waals surface area contributed by atoms with Gasteiger partial charge in [-0.25, -0.2) is 4.79 Å². The fourth-order valence-electron chi connectivity index (χ4n) is 8.90. The number of ether oxygens (including phenoxy) is 5. The monoisotopic (exact) mass is 676 g/mol. The molecule has 6 N–H and O–H groups in total. The number of fused-ring (bicyclic) bond motifs is 5. The van der Waals surface area contributed by atoms with Crippen LogP contribution in [-0.2, 0) is 33.3 Å². The number of esters is 2. The number of Topliss-reactive ketones (excluding diaryl/α,β-unsaturated/α-hetero) is 1. The van der Waals surface area contributed by atoms with Crippen molar-refractivity contribution in [2.45, 2.75) is 114 Å². The summed E-state index contributed by atoms with van der Waals surface area (Å²) in [5, 5.41) is 67.5. The van der Waals surface area contributed by atoms with Crippen LogP contribution in [0.2, 0.25) is 0 Å². The van der Waals surface area contributed by atoms with E-state index in [-0.39, 0.29) is 36.2 Å². The van der Waals surface area contributed by atoms with Crippen LogP contribution >= 0.6 is 0 Å². The SMILES string of the molecule is CC(=O)O[C@@]12CO[C@@H]1C[C@H](OC1OC[C@@H](O)[C@H](O)[C@H]1O)[C@@]1(C)C(=O)[C@H](O)C3=C(C)[C@@H](O)C[C@@](O)([C@@H](OC(=O)c4ccccc4)[C@H]21)C3(C)C. The van der Waals surface area contributed by atoms with Crippen LogP contribution in [0.3, 0.4) is 0 Å². The third-order valence-electron chi connectivity index (χ3n) is 11.7. The molecule has 2 bridgehead atoms. The topological polar surface area (TPSA) is 219 Å². The zero-order valence-electron chi connectivity index (χ0n) is 27.4. The summed E-state index contributed by atoms with van der Waals surface area (Å²) in [6, 6.07) is 7.95. The van der Waals surface area contributed by atoms with Crippen molar-refractivity contribution in [2.24, 2.45) is 16.7 Å². The standard InChI is InChI=1S/C34H44O14/c1-15-18(36)12-34(43)28(47-29(42)17-9-7-6-8-10-17)26-32(5,27(41)24(39)22(15)31(34,3)4)20(11-21-33(26,14-45-21)48-16(2)35)46-30-25(40)23(38)19(37)13-44-30/h6-10,18-21,23-26,28,30,36-40,43H,11-14H2,1-5H3/t18-,19+,20-,21+,23-,24+,25+,26-,28-,30?,32+,33-,34+/m0/s1. The molecule has 5 aliphatic rings. The Morgan fingerprint density at radius 2 is 1.65 bits per heavy atom. The maximum atomic E-state index is 15.0. The lowest BCUT2D eigenvalue weighted by Gasteiger charge is -2.68. The quantitative estimate of drug-likeness (QED) is 0.172. The Hall–Kier alpha value is -2.79. The minimum absolute atomic E-state index is 0.0361. The largest absolute Gasteiger partial charge is 0.455 e. The van der Waals surface area contributed by atoms with E-state index in [1.807, 2.05) is 0 Å². The highest BCUT2D eigenvalue weighted by Gasteiger charge is 2.78. The van der Waals surface area contributed by atoms with Gasteiger partial charge >= 0.3 is 11.9 Å². The molecule has 0 amide bonds. The number of aliphatic hydroxyl groups excluding tert-OH is 5. The number of ketones is 1. The molecule has 0 spiro atoms. The van der Waals surface area contributed by atoms with Gasteiger partial charge in [0, 0.05) is 25.2 Å². The van der Waals surface area contributed by atoms with Gasteiger partial charge in [-0.1, -0.05) is 32.0 Å². The smallest absolute Gasteiger partial charge is 0.338 e. The number of carbonyl (C=O) groups excluding carboxylic acids is 3. The molecule has 1 aromatic carbocycles. The van der Waals surface area contributed by atoms with Crippen molar-refractivity contribution in [1.29, 1.82) is 0 Å². The number of rotatable bonds is 5. The van der Waals surface area contributed by atoms with E-state index in [1.165, 1.54) is 26.0 Å². The highest BCUT2D eigenvalue weighted by Crippen LogP contribution is 2.64. The van der Waals surface area contributed by atoms with Gasteiger partial charge in [0.1, 0.15) is 42.2 Å². The maximum absolute atomic E-state index is 15.0. The van der Waals surface area contributed by atoms with E-state index in [9.17, 15) is 40.2 Å². The molecule has 2 heterocycles. The number of hydrogen-bond donors (Lipinski definition) is 6. The first-order valence-electron chi connectivity index (χ1n) is 16.1. The van der Waals surface area contributed by atoms with Crippen LogP contribution < -0.4 is 0 Å². The van der Waals surface area contributed by atoms with Crippen LogP contribution in [0.4, 0.5) is 0 Å². The third-order valence-corrected chi connectivity index (χ3v) is 11.7. The van der Waals surface area contributed by atoms with Gasteiger partial charge in [-0.2, -0.15) is 0 Å². The van der Waals surface area contributed by atoms with E-state index >= 15 is 4.79 Å². The second-order valence-corrected chi connectivity index (χ2v) is 14.5. The summed E-state index contributed by atoms with van der Waals surface area (Å²) in [6.07, 6.45) is -14.2. The molecule has 13 atom stereocenters. The summed E-state index contributed by atoms with van der Waals surface area (Å²) < 4.78 is 30.0. The Morgan fingerprint density at radius 1 is 0.979 bits per heavy atom. The first-order valence-corrected chi connectivity index (χ1v) is 16.1. The summed E-state index contributed by atoms with van der Waals surface area (Å²) in [5.74, 6) is -3.93. The summed E-state index contributed by atoms with van der Waals surface area (Å²) in [5.41, 5.74) is -6.93. The van der Waals surface area contributed by atoms with Gasteiger partial charge in [-0.3, -0.25) is 9.59 Å². The van der Waals surface area contributed by atoms with Crippen molar-refractivity contribution in [1.82, 2.24) is 0 Å². The molecule has 1 aromatic rings. The van der Waals surface area contributed by atoms with Crippen LogP contribution in [0.5, 0.6) is 0 Å². The molecule has 264 valence electrons. The van der Waals surface area contributed by atoms with Crippen molar-refractivity contribution in [3.05, 3.63) is 47.0 Å². The summed E-state index contributed by atoms with van der Waals surface area (Å²) in [6.45, 7) is 6.67. The molecule has 0 radical (unpaired) electrons. The fourth-order valence-corrected chi connectivity index (χ4v) is 8.90. The van der Waals surface area contributed by atoms with Crippen molar-refractivity contribution in [3.8, 4) is 0 Å². The van der Waals surface area contributed by atoms with Crippen molar-refractivity contribution in [3.63, 3.8) is 0 Å². The van der Waals surface area contributed by atoms with Crippen LogP contribution in [0, 0.1) is 16.7 Å². The van der Waals surface area contributed by atoms with Crippen molar-refractivity contribution in [2.75, 3.05) is 13.2 Å². The molecule has 2 saturated carbocycles. The molecule has 6 rings (SSSR count). The Labute approximate surface area is 277 Å². The molecular weight excluding hydrogens is 632 g/mol. The number of aliphatic hydroxyl groups is 6. The highest BCUT2D eigenvalue weighted by molar-refractivity contribution is 5.94. The molecule has 2 saturated heterocycles. The second-order valence-electron chi connectivity index (χ2n) is 14.5. The molecule has 1 unspecified atom stereocenters. The average molecular weight is 677 g/mol. The zero-order valence-corrected chi connectivity index (χ0v) is 27.4. The maximum Gasteiger partial charge on any atom is 0.338 e. The lowest BCUT2D eigenvalue weighted by molar-refractivity contribution is -0.366.